The van der Waals surface area contributed by atoms with Crippen LogP contribution in [0.3, 0.4) is 0 Å². The number of carbonyl (C=O) groups is 3. The fraction of sp³-hybridized carbons (Fsp3) is 0.476. The highest BCUT2D eigenvalue weighted by molar-refractivity contribution is 5.92. The molecule has 2 aromatic rings. The predicted octanol–water partition coefficient (Wildman–Crippen LogP) is 2.51. The molecule has 3 rings (SSSR count). The second kappa shape index (κ2) is 7.77. The number of esters is 1. The maximum Gasteiger partial charge on any atom is 0.408 e. The van der Waals surface area contributed by atoms with Gasteiger partial charge in [0.2, 0.25) is 5.91 Å². The maximum absolute atomic E-state index is 13.1. The summed E-state index contributed by atoms with van der Waals surface area (Å²) < 4.78 is 10.2. The molecule has 0 unspecified atom stereocenters. The first-order chi connectivity index (χ1) is 13.6. The summed E-state index contributed by atoms with van der Waals surface area (Å²) in [6.45, 7) is 7.03. The Labute approximate surface area is 169 Å². The van der Waals surface area contributed by atoms with Crippen molar-refractivity contribution in [3.63, 3.8) is 0 Å². The highest BCUT2D eigenvalue weighted by atomic mass is 16.6. The molecule has 0 aliphatic carbocycles. The number of alkyl carbamates (subject to hydrolysis) is 1. The Morgan fingerprint density at radius 3 is 2.59 bits per heavy atom. The minimum atomic E-state index is -0.858. The molecule has 1 aliphatic heterocycles. The number of amides is 2. The number of hydrogen-bond donors (Lipinski definition) is 2. The lowest BCUT2D eigenvalue weighted by Crippen LogP contribution is -2.55. The third kappa shape index (κ3) is 4.36. The number of carbonyl (C=O) groups excluding carboxylic acids is 3. The van der Waals surface area contributed by atoms with E-state index in [9.17, 15) is 14.4 Å². The Hall–Kier alpha value is -3.03. The summed E-state index contributed by atoms with van der Waals surface area (Å²) >= 11 is 0. The van der Waals surface area contributed by atoms with Crippen LogP contribution in [-0.2, 0) is 32.0 Å². The molecule has 2 heterocycles. The summed E-state index contributed by atoms with van der Waals surface area (Å²) in [5, 5.41) is 3.58. The van der Waals surface area contributed by atoms with Crippen molar-refractivity contribution in [2.24, 2.45) is 0 Å². The number of benzene rings is 1. The minimum absolute atomic E-state index is 0.225. The summed E-state index contributed by atoms with van der Waals surface area (Å²) in [5.74, 6) is -0.866. The van der Waals surface area contributed by atoms with Gasteiger partial charge in [0, 0.05) is 23.0 Å². The van der Waals surface area contributed by atoms with Crippen LogP contribution in [0.1, 0.15) is 39.0 Å². The standard InChI is InChI=1S/C21H27N3O5/c1-12(22-20(27)29-21(2,3)4)18(25)24-11-16-14(10-17(24)19(26)28-5)13-8-6-7-9-15(13)23-16/h6-9,12,17,23H,10-11H2,1-5H3,(H,22,27)/t12-,17-/m0/s1. The fourth-order valence-corrected chi connectivity index (χ4v) is 3.58. The van der Waals surface area contributed by atoms with Gasteiger partial charge < -0.3 is 24.7 Å². The number of aromatic amines is 1. The molecule has 1 aliphatic rings. The summed E-state index contributed by atoms with van der Waals surface area (Å²) in [7, 11) is 1.30. The second-order valence-electron chi connectivity index (χ2n) is 8.20. The summed E-state index contributed by atoms with van der Waals surface area (Å²) in [6.07, 6.45) is -0.340. The molecular weight excluding hydrogens is 374 g/mol. The van der Waals surface area contributed by atoms with E-state index >= 15 is 0 Å². The average Bonchev–Trinajstić information content (AvgIpc) is 3.01. The molecule has 0 saturated carbocycles. The van der Waals surface area contributed by atoms with Gasteiger partial charge in [-0.05, 0) is 39.3 Å². The van der Waals surface area contributed by atoms with E-state index in [1.165, 1.54) is 12.0 Å². The number of rotatable bonds is 3. The maximum atomic E-state index is 13.1. The SMILES string of the molecule is COC(=O)[C@@H]1Cc2c([nH]c3ccccc23)CN1C(=O)[C@H](C)NC(=O)OC(C)(C)C. The van der Waals surface area contributed by atoms with Gasteiger partial charge in [-0.15, -0.1) is 0 Å². The number of aromatic nitrogens is 1. The van der Waals surface area contributed by atoms with Crippen LogP contribution in [-0.4, -0.2) is 52.6 Å². The van der Waals surface area contributed by atoms with Gasteiger partial charge in [-0.1, -0.05) is 18.2 Å². The fourth-order valence-electron chi connectivity index (χ4n) is 3.58. The van der Waals surface area contributed by atoms with Gasteiger partial charge in [0.15, 0.2) is 0 Å². The Balaban J connectivity index is 1.85. The summed E-state index contributed by atoms with van der Waals surface area (Å²) in [5.41, 5.74) is 2.17. The molecule has 0 radical (unpaired) electrons. The van der Waals surface area contributed by atoms with Crippen LogP contribution in [0, 0.1) is 0 Å². The Kier molecular flexibility index (Phi) is 5.55. The van der Waals surface area contributed by atoms with Gasteiger partial charge in [0.05, 0.1) is 13.7 Å². The number of nitrogens with one attached hydrogen (secondary N) is 2. The second-order valence-corrected chi connectivity index (χ2v) is 8.20. The Morgan fingerprint density at radius 1 is 1.24 bits per heavy atom. The number of ether oxygens (including phenoxy) is 2. The van der Waals surface area contributed by atoms with Crippen LogP contribution in [0.2, 0.25) is 0 Å². The van der Waals surface area contributed by atoms with E-state index in [1.54, 1.807) is 27.7 Å². The first-order valence-electron chi connectivity index (χ1n) is 9.57. The molecule has 1 aromatic heterocycles. The number of methoxy groups -OCH3 is 1. The number of nitrogens with zero attached hydrogens (tertiary/aromatic N) is 1. The van der Waals surface area contributed by atoms with Gasteiger partial charge in [-0.25, -0.2) is 9.59 Å². The van der Waals surface area contributed by atoms with Crippen LogP contribution in [0.5, 0.6) is 0 Å². The predicted molar refractivity (Wildman–Crippen MR) is 107 cm³/mol. The first kappa shape index (κ1) is 20.7. The van der Waals surface area contributed by atoms with Gasteiger partial charge in [0.25, 0.3) is 0 Å². The van der Waals surface area contributed by atoms with Crippen molar-refractivity contribution in [1.82, 2.24) is 15.2 Å². The highest BCUT2D eigenvalue weighted by Gasteiger charge is 2.39. The van der Waals surface area contributed by atoms with E-state index in [0.717, 1.165) is 22.2 Å². The van der Waals surface area contributed by atoms with Crippen molar-refractivity contribution in [2.75, 3.05) is 7.11 Å². The molecule has 0 saturated heterocycles. The van der Waals surface area contributed by atoms with Crippen molar-refractivity contribution < 1.29 is 23.9 Å². The first-order valence-corrected chi connectivity index (χ1v) is 9.57. The van der Waals surface area contributed by atoms with E-state index in [2.05, 4.69) is 10.3 Å². The molecule has 29 heavy (non-hydrogen) atoms. The summed E-state index contributed by atoms with van der Waals surface area (Å²) in [6, 6.07) is 6.19. The van der Waals surface area contributed by atoms with E-state index in [1.807, 2.05) is 24.3 Å². The van der Waals surface area contributed by atoms with E-state index < -0.39 is 29.7 Å². The van der Waals surface area contributed by atoms with Gasteiger partial charge in [0.1, 0.15) is 17.7 Å². The zero-order valence-electron chi connectivity index (χ0n) is 17.4. The smallest absolute Gasteiger partial charge is 0.408 e. The minimum Gasteiger partial charge on any atom is -0.467 e. The topological polar surface area (TPSA) is 101 Å². The van der Waals surface area contributed by atoms with Crippen LogP contribution in [0.4, 0.5) is 4.79 Å². The van der Waals surface area contributed by atoms with Crippen molar-refractivity contribution in [3.8, 4) is 0 Å². The molecule has 8 heteroatoms. The summed E-state index contributed by atoms with van der Waals surface area (Å²) in [4.78, 5) is 42.4. The van der Waals surface area contributed by atoms with Crippen molar-refractivity contribution >= 4 is 28.9 Å². The number of hydrogen-bond acceptors (Lipinski definition) is 5. The lowest BCUT2D eigenvalue weighted by atomic mass is 9.96. The molecule has 156 valence electrons. The lowest BCUT2D eigenvalue weighted by Gasteiger charge is -2.35. The molecule has 8 nitrogen and oxygen atoms in total. The van der Waals surface area contributed by atoms with Crippen LogP contribution in [0.15, 0.2) is 24.3 Å². The van der Waals surface area contributed by atoms with Crippen LogP contribution >= 0.6 is 0 Å². The molecule has 0 fully saturated rings. The molecule has 0 spiro atoms. The Morgan fingerprint density at radius 2 is 1.93 bits per heavy atom. The van der Waals surface area contributed by atoms with Crippen molar-refractivity contribution in [1.29, 1.82) is 0 Å². The third-order valence-electron chi connectivity index (χ3n) is 4.86. The van der Waals surface area contributed by atoms with Gasteiger partial charge >= 0.3 is 12.1 Å². The normalized spacial score (nSPS) is 17.4. The number of para-hydroxylation sites is 1. The van der Waals surface area contributed by atoms with Crippen LogP contribution in [0.25, 0.3) is 10.9 Å². The molecule has 1 aromatic carbocycles. The number of H-pyrrole nitrogens is 1. The van der Waals surface area contributed by atoms with E-state index in [-0.39, 0.29) is 12.5 Å². The monoisotopic (exact) mass is 401 g/mol. The molecular formula is C21H27N3O5. The van der Waals surface area contributed by atoms with Crippen LogP contribution < -0.4 is 5.32 Å². The van der Waals surface area contributed by atoms with Gasteiger partial charge in [-0.3, -0.25) is 4.79 Å². The molecule has 2 amide bonds. The molecule has 2 N–H and O–H groups in total. The average molecular weight is 401 g/mol. The number of fused-ring (bicyclic) bond motifs is 3. The lowest BCUT2D eigenvalue weighted by molar-refractivity contribution is -0.154. The van der Waals surface area contributed by atoms with E-state index in [0.29, 0.717) is 6.42 Å². The largest absolute Gasteiger partial charge is 0.467 e. The van der Waals surface area contributed by atoms with Gasteiger partial charge in [-0.2, -0.15) is 0 Å². The molecule has 0 bridgehead atoms. The quantitative estimate of drug-likeness (QED) is 0.770. The zero-order chi connectivity index (χ0) is 21.3. The zero-order valence-corrected chi connectivity index (χ0v) is 17.4. The van der Waals surface area contributed by atoms with Crippen molar-refractivity contribution in [3.05, 3.63) is 35.5 Å². The van der Waals surface area contributed by atoms with E-state index in [4.69, 9.17) is 9.47 Å². The Bertz CT molecular complexity index is 943. The molecule has 2 atom stereocenters. The van der Waals surface area contributed by atoms with Crippen molar-refractivity contribution in [2.45, 2.75) is 58.3 Å². The highest BCUT2D eigenvalue weighted by Crippen LogP contribution is 2.31. The third-order valence-corrected chi connectivity index (χ3v) is 4.86.